The number of nitrogens with zero attached hydrogens (tertiary/aromatic N) is 3. The van der Waals surface area contributed by atoms with Crippen molar-refractivity contribution in [1.82, 2.24) is 14.5 Å². The minimum absolute atomic E-state index is 0.0759. The third kappa shape index (κ3) is 6.22. The topological polar surface area (TPSA) is 50.9 Å². The Labute approximate surface area is 280 Å². The van der Waals surface area contributed by atoms with Crippen molar-refractivity contribution in [3.63, 3.8) is 0 Å². The van der Waals surface area contributed by atoms with E-state index in [0.717, 1.165) is 55.9 Å². The molecule has 240 valence electrons. The normalized spacial score (nSPS) is 12.6. The van der Waals surface area contributed by atoms with E-state index in [-0.39, 0.29) is 16.2 Å². The predicted octanol–water partition coefficient (Wildman–Crippen LogP) is 11.2. The smallest absolute Gasteiger partial charge is 0.144 e. The number of pyridine rings is 1. The van der Waals surface area contributed by atoms with Crippen LogP contribution in [0.15, 0.2) is 97.2 Å². The van der Waals surface area contributed by atoms with Crippen LogP contribution in [0.3, 0.4) is 0 Å². The minimum Gasteiger partial charge on any atom is -0.507 e. The van der Waals surface area contributed by atoms with Crippen LogP contribution in [0.2, 0.25) is 0 Å². The second-order valence-electron chi connectivity index (χ2n) is 15.9. The summed E-state index contributed by atoms with van der Waals surface area (Å²) in [6.07, 6.45) is 1.90. The molecule has 4 aromatic carbocycles. The van der Waals surface area contributed by atoms with Crippen molar-refractivity contribution in [3.8, 4) is 50.6 Å². The number of hydrogen-bond acceptors (Lipinski definition) is 3. The van der Waals surface area contributed by atoms with Crippen molar-refractivity contribution in [2.75, 3.05) is 0 Å². The van der Waals surface area contributed by atoms with E-state index in [4.69, 9.17) is 9.97 Å². The Balaban J connectivity index is 1.56. The first-order valence-corrected chi connectivity index (χ1v) is 16.5. The monoisotopic (exact) mass is 621 g/mol. The Morgan fingerprint density at radius 2 is 1.23 bits per heavy atom. The SMILES string of the molecule is Cn1c(-c2cc(C(C)(C)C)cc(C(C)(C)C)c2O)nc2c(-c3cc(-c4cc(-c5ccccc5)ccn4)cc(C(C)(C)C)c3)cccc21. The van der Waals surface area contributed by atoms with Gasteiger partial charge >= 0.3 is 0 Å². The standard InChI is InChI=1S/C43H47N3O/c1-41(2,3)31-22-29(21-30(23-31)36-24-28(19-20-44-36)27-15-12-11-13-16-27)33-17-14-18-37-38(33)45-40(46(37)10)34-25-32(42(4,5)6)26-35(39(34)47)43(7,8)9/h11-26,47H,1-10H3. The van der Waals surface area contributed by atoms with Gasteiger partial charge in [-0.25, -0.2) is 4.98 Å². The number of rotatable bonds is 4. The lowest BCUT2D eigenvalue weighted by atomic mass is 9.79. The number of phenols is 1. The highest BCUT2D eigenvalue weighted by molar-refractivity contribution is 5.95. The molecule has 6 aromatic rings. The van der Waals surface area contributed by atoms with Crippen LogP contribution in [0.25, 0.3) is 55.9 Å². The number of phenolic OH excluding ortho intramolecular Hbond substituents is 1. The fourth-order valence-electron chi connectivity index (χ4n) is 6.26. The number of fused-ring (bicyclic) bond motifs is 1. The molecule has 0 unspecified atom stereocenters. The lowest BCUT2D eigenvalue weighted by Gasteiger charge is -2.27. The molecule has 4 nitrogen and oxygen atoms in total. The average molecular weight is 622 g/mol. The molecule has 0 atom stereocenters. The number of aromatic nitrogens is 3. The fourth-order valence-corrected chi connectivity index (χ4v) is 6.26. The number of benzene rings is 4. The van der Waals surface area contributed by atoms with Gasteiger partial charge in [0.1, 0.15) is 11.6 Å². The van der Waals surface area contributed by atoms with Gasteiger partial charge < -0.3 is 9.67 Å². The Kier molecular flexibility index (Phi) is 7.91. The molecule has 6 rings (SSSR count). The summed E-state index contributed by atoms with van der Waals surface area (Å²) in [6, 6.07) is 32.2. The molecule has 0 amide bonds. The van der Waals surface area contributed by atoms with Crippen LogP contribution in [0.4, 0.5) is 0 Å². The van der Waals surface area contributed by atoms with Gasteiger partial charge in [0.05, 0.1) is 22.3 Å². The molecule has 0 spiro atoms. The Hall–Kier alpha value is -4.70. The number of aromatic hydroxyl groups is 1. The maximum atomic E-state index is 11.7. The van der Waals surface area contributed by atoms with Crippen LogP contribution in [-0.2, 0) is 23.3 Å². The molecular weight excluding hydrogens is 574 g/mol. The first-order valence-electron chi connectivity index (χ1n) is 16.5. The largest absolute Gasteiger partial charge is 0.507 e. The minimum atomic E-state index is -0.231. The van der Waals surface area contributed by atoms with Crippen molar-refractivity contribution in [2.45, 2.75) is 78.6 Å². The third-order valence-electron chi connectivity index (χ3n) is 9.21. The van der Waals surface area contributed by atoms with Gasteiger partial charge in [-0.05, 0) is 80.5 Å². The first kappa shape index (κ1) is 32.2. The molecule has 0 bridgehead atoms. The van der Waals surface area contributed by atoms with E-state index in [0.29, 0.717) is 5.75 Å². The zero-order valence-corrected chi connectivity index (χ0v) is 29.5. The Bertz CT molecular complexity index is 2100. The van der Waals surface area contributed by atoms with E-state index in [2.05, 4.69) is 152 Å². The van der Waals surface area contributed by atoms with Crippen LogP contribution in [0.5, 0.6) is 5.75 Å². The van der Waals surface area contributed by atoms with Crippen LogP contribution >= 0.6 is 0 Å². The number of imidazole rings is 1. The van der Waals surface area contributed by atoms with E-state index >= 15 is 0 Å². The first-order chi connectivity index (χ1) is 22.0. The summed E-state index contributed by atoms with van der Waals surface area (Å²) in [5.74, 6) is 1.05. The average Bonchev–Trinajstić information content (AvgIpc) is 3.36. The zero-order valence-electron chi connectivity index (χ0n) is 29.5. The molecule has 4 heteroatoms. The van der Waals surface area contributed by atoms with Crippen LogP contribution in [0, 0.1) is 0 Å². The lowest BCUT2D eigenvalue weighted by Crippen LogP contribution is -2.17. The molecule has 2 heterocycles. The van der Waals surface area contributed by atoms with Crippen molar-refractivity contribution in [3.05, 3.63) is 114 Å². The van der Waals surface area contributed by atoms with E-state index in [1.165, 1.54) is 16.7 Å². The zero-order chi connectivity index (χ0) is 33.9. The van der Waals surface area contributed by atoms with Gasteiger partial charge in [0, 0.05) is 29.9 Å². The van der Waals surface area contributed by atoms with Gasteiger partial charge in [-0.1, -0.05) is 117 Å². The summed E-state index contributed by atoms with van der Waals surface area (Å²) < 4.78 is 2.12. The molecule has 0 saturated heterocycles. The Morgan fingerprint density at radius 1 is 0.574 bits per heavy atom. The third-order valence-corrected chi connectivity index (χ3v) is 9.21. The highest BCUT2D eigenvalue weighted by Crippen LogP contribution is 2.43. The summed E-state index contributed by atoms with van der Waals surface area (Å²) in [6.45, 7) is 19.8. The van der Waals surface area contributed by atoms with Gasteiger partial charge in [-0.2, -0.15) is 0 Å². The van der Waals surface area contributed by atoms with E-state index in [1.54, 1.807) is 0 Å². The lowest BCUT2D eigenvalue weighted by molar-refractivity contribution is 0.446. The maximum Gasteiger partial charge on any atom is 0.144 e. The molecule has 47 heavy (non-hydrogen) atoms. The molecule has 0 fully saturated rings. The number of aryl methyl sites for hydroxylation is 1. The highest BCUT2D eigenvalue weighted by atomic mass is 16.3. The molecule has 1 N–H and O–H groups in total. The van der Waals surface area contributed by atoms with Crippen LogP contribution < -0.4 is 0 Å². The quantitative estimate of drug-likeness (QED) is 0.213. The van der Waals surface area contributed by atoms with Gasteiger partial charge in [0.25, 0.3) is 0 Å². The van der Waals surface area contributed by atoms with Gasteiger partial charge in [-0.15, -0.1) is 0 Å². The van der Waals surface area contributed by atoms with E-state index < -0.39 is 0 Å². The highest BCUT2D eigenvalue weighted by Gasteiger charge is 2.28. The molecule has 0 saturated carbocycles. The summed E-state index contributed by atoms with van der Waals surface area (Å²) in [4.78, 5) is 10.1. The molecular formula is C43H47N3O. The molecule has 2 aromatic heterocycles. The van der Waals surface area contributed by atoms with Crippen molar-refractivity contribution < 1.29 is 5.11 Å². The summed E-state index contributed by atoms with van der Waals surface area (Å²) >= 11 is 0. The summed E-state index contributed by atoms with van der Waals surface area (Å²) in [7, 11) is 2.05. The Morgan fingerprint density at radius 3 is 1.89 bits per heavy atom. The molecule has 0 aliphatic rings. The van der Waals surface area contributed by atoms with E-state index in [9.17, 15) is 5.11 Å². The fraction of sp³-hybridized carbons (Fsp3) is 0.302. The van der Waals surface area contributed by atoms with E-state index in [1.807, 2.05) is 19.3 Å². The van der Waals surface area contributed by atoms with Crippen LogP contribution in [0.1, 0.15) is 79.0 Å². The molecule has 0 radical (unpaired) electrons. The number of hydrogen-bond donors (Lipinski definition) is 1. The number of para-hydroxylation sites is 1. The second kappa shape index (κ2) is 11.5. The van der Waals surface area contributed by atoms with Gasteiger partial charge in [-0.3, -0.25) is 4.98 Å². The second-order valence-corrected chi connectivity index (χ2v) is 15.9. The van der Waals surface area contributed by atoms with Crippen molar-refractivity contribution in [1.29, 1.82) is 0 Å². The summed E-state index contributed by atoms with van der Waals surface area (Å²) in [5, 5.41) is 11.7. The molecule has 0 aliphatic heterocycles. The van der Waals surface area contributed by atoms with Crippen LogP contribution in [-0.4, -0.2) is 19.6 Å². The van der Waals surface area contributed by atoms with Crippen molar-refractivity contribution in [2.24, 2.45) is 7.05 Å². The maximum absolute atomic E-state index is 11.7. The summed E-state index contributed by atoms with van der Waals surface area (Å²) in [5.41, 5.74) is 12.1. The van der Waals surface area contributed by atoms with Gasteiger partial charge in [0.15, 0.2) is 0 Å². The van der Waals surface area contributed by atoms with Crippen molar-refractivity contribution >= 4 is 11.0 Å². The van der Waals surface area contributed by atoms with Gasteiger partial charge in [0.2, 0.25) is 0 Å². The predicted molar refractivity (Wildman–Crippen MR) is 198 cm³/mol. The molecule has 0 aliphatic carbocycles.